The molecule has 1 fully saturated rings. The van der Waals surface area contributed by atoms with Gasteiger partial charge in [-0.05, 0) is 36.6 Å². The molecule has 3 aromatic rings. The van der Waals surface area contributed by atoms with Gasteiger partial charge in [-0.1, -0.05) is 24.3 Å². The molecule has 1 saturated heterocycles. The highest BCUT2D eigenvalue weighted by Crippen LogP contribution is 2.25. The van der Waals surface area contributed by atoms with Crippen molar-refractivity contribution in [1.29, 1.82) is 0 Å². The number of carbonyl (C=O) groups excluding carboxylic acids is 1. The number of amides is 1. The monoisotopic (exact) mass is 389 g/mol. The Morgan fingerprint density at radius 2 is 1.93 bits per heavy atom. The maximum Gasteiger partial charge on any atom is 0.224 e. The van der Waals surface area contributed by atoms with Gasteiger partial charge in [-0.3, -0.25) is 9.78 Å². The number of anilines is 1. The number of piperidine rings is 1. The van der Waals surface area contributed by atoms with Crippen LogP contribution in [0.5, 0.6) is 11.6 Å². The largest absolute Gasteiger partial charge is 0.439 e. The SMILES string of the molecule is O=C(NCc1cccnc1)C1CCN(c2cc(Oc3ccccc3)ncn2)CC1. The smallest absolute Gasteiger partial charge is 0.224 e. The van der Waals surface area contributed by atoms with E-state index in [-0.39, 0.29) is 11.8 Å². The number of pyridine rings is 1. The second kappa shape index (κ2) is 9.14. The van der Waals surface area contributed by atoms with Gasteiger partial charge in [-0.2, -0.15) is 0 Å². The molecule has 2 aromatic heterocycles. The number of hydrogen-bond donors (Lipinski definition) is 1. The van der Waals surface area contributed by atoms with E-state index in [0.29, 0.717) is 12.4 Å². The highest BCUT2D eigenvalue weighted by molar-refractivity contribution is 5.79. The van der Waals surface area contributed by atoms with Crippen LogP contribution >= 0.6 is 0 Å². The van der Waals surface area contributed by atoms with Crippen LogP contribution in [0, 0.1) is 5.92 Å². The molecule has 3 heterocycles. The Hall–Kier alpha value is -3.48. The lowest BCUT2D eigenvalue weighted by molar-refractivity contribution is -0.125. The second-order valence-electron chi connectivity index (χ2n) is 6.97. The number of aromatic nitrogens is 3. The van der Waals surface area contributed by atoms with Crippen LogP contribution in [0.2, 0.25) is 0 Å². The maximum atomic E-state index is 12.5. The number of nitrogens with one attached hydrogen (secondary N) is 1. The van der Waals surface area contributed by atoms with Crippen molar-refractivity contribution in [3.8, 4) is 11.6 Å². The van der Waals surface area contributed by atoms with E-state index in [2.05, 4.69) is 25.2 Å². The average Bonchev–Trinajstić information content (AvgIpc) is 2.79. The molecule has 1 N–H and O–H groups in total. The van der Waals surface area contributed by atoms with Crippen molar-refractivity contribution < 1.29 is 9.53 Å². The molecule has 0 unspecified atom stereocenters. The van der Waals surface area contributed by atoms with Crippen molar-refractivity contribution in [2.24, 2.45) is 5.92 Å². The van der Waals surface area contributed by atoms with E-state index in [4.69, 9.17) is 4.74 Å². The normalized spacial score (nSPS) is 14.4. The summed E-state index contributed by atoms with van der Waals surface area (Å²) in [4.78, 5) is 27.3. The van der Waals surface area contributed by atoms with Crippen molar-refractivity contribution in [3.63, 3.8) is 0 Å². The van der Waals surface area contributed by atoms with E-state index < -0.39 is 0 Å². The molecule has 0 radical (unpaired) electrons. The fourth-order valence-electron chi connectivity index (χ4n) is 3.37. The molecule has 7 nitrogen and oxygen atoms in total. The van der Waals surface area contributed by atoms with Crippen LogP contribution in [0.3, 0.4) is 0 Å². The van der Waals surface area contributed by atoms with Crippen LogP contribution in [-0.2, 0) is 11.3 Å². The average molecular weight is 389 g/mol. The van der Waals surface area contributed by atoms with E-state index in [9.17, 15) is 4.79 Å². The summed E-state index contributed by atoms with van der Waals surface area (Å²) in [6.45, 7) is 2.05. The lowest BCUT2D eigenvalue weighted by atomic mass is 9.96. The van der Waals surface area contributed by atoms with Gasteiger partial charge in [-0.25, -0.2) is 9.97 Å². The Balaban J connectivity index is 1.30. The maximum absolute atomic E-state index is 12.5. The summed E-state index contributed by atoms with van der Waals surface area (Å²) in [7, 11) is 0. The van der Waals surface area contributed by atoms with Gasteiger partial charge in [0.25, 0.3) is 0 Å². The Morgan fingerprint density at radius 3 is 2.69 bits per heavy atom. The third-order valence-corrected chi connectivity index (χ3v) is 4.97. The number of carbonyl (C=O) groups is 1. The second-order valence-corrected chi connectivity index (χ2v) is 6.97. The topological polar surface area (TPSA) is 80.2 Å². The molecule has 148 valence electrons. The molecule has 29 heavy (non-hydrogen) atoms. The molecule has 1 aliphatic rings. The lowest BCUT2D eigenvalue weighted by Crippen LogP contribution is -2.40. The zero-order chi connectivity index (χ0) is 19.9. The summed E-state index contributed by atoms with van der Waals surface area (Å²) >= 11 is 0. The van der Waals surface area contributed by atoms with Crippen LogP contribution in [0.25, 0.3) is 0 Å². The van der Waals surface area contributed by atoms with Gasteiger partial charge in [0.2, 0.25) is 11.8 Å². The Kier molecular flexibility index (Phi) is 5.95. The number of benzene rings is 1. The molecule has 0 bridgehead atoms. The molecule has 0 atom stereocenters. The number of nitrogens with zero attached hydrogens (tertiary/aromatic N) is 4. The van der Waals surface area contributed by atoms with Gasteiger partial charge in [0.05, 0.1) is 0 Å². The Morgan fingerprint density at radius 1 is 1.10 bits per heavy atom. The van der Waals surface area contributed by atoms with E-state index in [1.54, 1.807) is 12.4 Å². The molecular formula is C22H23N5O2. The van der Waals surface area contributed by atoms with Crippen molar-refractivity contribution >= 4 is 11.7 Å². The molecule has 0 aliphatic carbocycles. The van der Waals surface area contributed by atoms with Crippen molar-refractivity contribution in [2.75, 3.05) is 18.0 Å². The fourth-order valence-corrected chi connectivity index (χ4v) is 3.37. The molecule has 1 aliphatic heterocycles. The van der Waals surface area contributed by atoms with Crippen LogP contribution in [0.4, 0.5) is 5.82 Å². The van der Waals surface area contributed by atoms with Gasteiger partial charge in [0, 0.05) is 44.0 Å². The van der Waals surface area contributed by atoms with E-state index in [0.717, 1.165) is 43.1 Å². The third-order valence-electron chi connectivity index (χ3n) is 4.97. The van der Waals surface area contributed by atoms with Crippen LogP contribution in [-0.4, -0.2) is 33.9 Å². The van der Waals surface area contributed by atoms with Gasteiger partial charge in [0.15, 0.2) is 0 Å². The van der Waals surface area contributed by atoms with Gasteiger partial charge in [-0.15, -0.1) is 0 Å². The first kappa shape index (κ1) is 18.9. The van der Waals surface area contributed by atoms with Crippen molar-refractivity contribution in [2.45, 2.75) is 19.4 Å². The predicted molar refractivity (Wildman–Crippen MR) is 110 cm³/mol. The zero-order valence-electron chi connectivity index (χ0n) is 16.1. The minimum Gasteiger partial charge on any atom is -0.439 e. The molecule has 1 amide bonds. The summed E-state index contributed by atoms with van der Waals surface area (Å²) in [5, 5.41) is 3.02. The number of para-hydroxylation sites is 1. The molecule has 1 aromatic carbocycles. The van der Waals surface area contributed by atoms with Crippen LogP contribution < -0.4 is 15.0 Å². The molecule has 0 saturated carbocycles. The fraction of sp³-hybridized carbons (Fsp3) is 0.273. The lowest BCUT2D eigenvalue weighted by Gasteiger charge is -2.32. The van der Waals surface area contributed by atoms with Gasteiger partial charge < -0.3 is 15.0 Å². The standard InChI is InChI=1S/C22H23N5O2/c28-22(24-15-17-5-4-10-23-14-17)18-8-11-27(12-9-18)20-13-21(26-16-25-20)29-19-6-2-1-3-7-19/h1-7,10,13-14,16,18H,8-9,11-12,15H2,(H,24,28). The zero-order valence-corrected chi connectivity index (χ0v) is 16.1. The number of rotatable bonds is 6. The van der Waals surface area contributed by atoms with Crippen LogP contribution in [0.15, 0.2) is 67.3 Å². The van der Waals surface area contributed by atoms with Crippen LogP contribution in [0.1, 0.15) is 18.4 Å². The number of ether oxygens (including phenoxy) is 1. The molecule has 7 heteroatoms. The predicted octanol–water partition coefficient (Wildman–Crippen LogP) is 3.20. The first-order chi connectivity index (χ1) is 14.3. The van der Waals surface area contributed by atoms with Crippen molar-refractivity contribution in [1.82, 2.24) is 20.3 Å². The van der Waals surface area contributed by atoms with Gasteiger partial charge >= 0.3 is 0 Å². The minimum atomic E-state index is 0.0183. The van der Waals surface area contributed by atoms with E-state index in [1.807, 2.05) is 48.5 Å². The summed E-state index contributed by atoms with van der Waals surface area (Å²) < 4.78 is 5.80. The highest BCUT2D eigenvalue weighted by atomic mass is 16.5. The van der Waals surface area contributed by atoms with Gasteiger partial charge in [0.1, 0.15) is 17.9 Å². The summed E-state index contributed by atoms with van der Waals surface area (Å²) in [6.07, 6.45) is 6.59. The summed E-state index contributed by atoms with van der Waals surface area (Å²) in [5.74, 6) is 2.19. The first-order valence-electron chi connectivity index (χ1n) is 9.74. The molecule has 0 spiro atoms. The molecule has 4 rings (SSSR count). The Bertz CT molecular complexity index is 928. The summed E-state index contributed by atoms with van der Waals surface area (Å²) in [6, 6.07) is 15.2. The molecular weight excluding hydrogens is 366 g/mol. The quantitative estimate of drug-likeness (QED) is 0.697. The summed E-state index contributed by atoms with van der Waals surface area (Å²) in [5.41, 5.74) is 1.00. The highest BCUT2D eigenvalue weighted by Gasteiger charge is 2.25. The van der Waals surface area contributed by atoms with E-state index >= 15 is 0 Å². The Labute approximate surface area is 169 Å². The number of hydrogen-bond acceptors (Lipinski definition) is 6. The third kappa shape index (κ3) is 5.07. The van der Waals surface area contributed by atoms with Crippen molar-refractivity contribution in [3.05, 3.63) is 72.8 Å². The first-order valence-corrected chi connectivity index (χ1v) is 9.74. The minimum absolute atomic E-state index is 0.0183. The van der Waals surface area contributed by atoms with E-state index in [1.165, 1.54) is 6.33 Å².